The highest BCUT2D eigenvalue weighted by molar-refractivity contribution is 6.35. The number of likely N-dealkylation sites (N-methyl/N-ethyl adjacent to an activating group) is 1. The van der Waals surface area contributed by atoms with Crippen molar-refractivity contribution in [2.75, 3.05) is 26.7 Å². The first-order valence-corrected chi connectivity index (χ1v) is 11.9. The summed E-state index contributed by atoms with van der Waals surface area (Å²) in [6, 6.07) is 14.3. The Morgan fingerprint density at radius 2 is 1.80 bits per heavy atom. The third-order valence-corrected chi connectivity index (χ3v) is 6.19. The van der Waals surface area contributed by atoms with Gasteiger partial charge < -0.3 is 15.1 Å². The molecule has 4 amide bonds. The fraction of sp³-hybridized carbons (Fsp3) is 0.320. The molecule has 10 heteroatoms. The molecule has 0 bridgehead atoms. The molecule has 0 aliphatic carbocycles. The number of benzene rings is 2. The van der Waals surface area contributed by atoms with Crippen LogP contribution in [0.3, 0.4) is 0 Å². The van der Waals surface area contributed by atoms with Crippen molar-refractivity contribution in [1.29, 1.82) is 0 Å². The zero-order chi connectivity index (χ0) is 25.5. The van der Waals surface area contributed by atoms with E-state index in [-0.39, 0.29) is 44.0 Å². The molecule has 2 aromatic rings. The summed E-state index contributed by atoms with van der Waals surface area (Å²) >= 11 is 12.3. The zero-order valence-corrected chi connectivity index (χ0v) is 21.3. The highest BCUT2D eigenvalue weighted by atomic mass is 35.5. The van der Waals surface area contributed by atoms with E-state index in [0.29, 0.717) is 16.6 Å². The van der Waals surface area contributed by atoms with Crippen molar-refractivity contribution >= 4 is 41.0 Å². The summed E-state index contributed by atoms with van der Waals surface area (Å²) in [6.07, 6.45) is 1.14. The molecule has 0 radical (unpaired) electrons. The fourth-order valence-electron chi connectivity index (χ4n) is 3.96. The van der Waals surface area contributed by atoms with E-state index in [1.165, 1.54) is 9.91 Å². The number of hydrogen-bond acceptors (Lipinski definition) is 4. The van der Waals surface area contributed by atoms with Gasteiger partial charge in [0, 0.05) is 30.2 Å². The van der Waals surface area contributed by atoms with Gasteiger partial charge in [0.1, 0.15) is 12.7 Å². The number of allylic oxidation sites excluding steroid dienone is 1. The fourth-order valence-corrected chi connectivity index (χ4v) is 4.42. The molecular formula is C25H29Cl2N5O3. The van der Waals surface area contributed by atoms with Gasteiger partial charge in [-0.15, -0.1) is 6.58 Å². The molecule has 2 aliphatic heterocycles. The lowest BCUT2D eigenvalue weighted by molar-refractivity contribution is -0.178. The van der Waals surface area contributed by atoms with Crippen molar-refractivity contribution in [3.05, 3.63) is 82.4 Å². The minimum Gasteiger partial charge on any atom is -0.333 e. The summed E-state index contributed by atoms with van der Waals surface area (Å²) in [7, 11) is 1.69. The van der Waals surface area contributed by atoms with E-state index < -0.39 is 6.17 Å². The van der Waals surface area contributed by atoms with Gasteiger partial charge in [-0.2, -0.15) is 0 Å². The lowest BCUT2D eigenvalue weighted by atomic mass is 10.1. The second-order valence-corrected chi connectivity index (χ2v) is 9.07. The molecule has 2 aliphatic rings. The lowest BCUT2D eigenvalue weighted by Gasteiger charge is -2.51. The molecule has 1 atom stereocenters. The Kier molecular flexibility index (Phi) is 9.14. The normalized spacial score (nSPS) is 17.9. The van der Waals surface area contributed by atoms with Crippen LogP contribution in [0, 0.1) is 0 Å². The number of nitrogens with zero attached hydrogens (tertiary/aromatic N) is 4. The predicted octanol–water partition coefficient (Wildman–Crippen LogP) is 3.75. The number of amides is 4. The maximum atomic E-state index is 13.1. The topological polar surface area (TPSA) is 76.2 Å². The second-order valence-electron chi connectivity index (χ2n) is 8.23. The molecule has 1 N–H and O–H groups in total. The number of hydrogen-bond donors (Lipinski definition) is 1. The SMILES string of the molecule is C=CC.CN1CC(=O)N2CC(=O)N(Cc3ccc(Cl)cc3Cl)CC2N1C(=O)NCc1ccccc1. The minimum absolute atomic E-state index is 0.0194. The molecule has 1 unspecified atom stereocenters. The molecular weight excluding hydrogens is 489 g/mol. The van der Waals surface area contributed by atoms with Gasteiger partial charge in [-0.25, -0.2) is 14.8 Å². The molecule has 2 saturated heterocycles. The summed E-state index contributed by atoms with van der Waals surface area (Å²) in [5.74, 6) is -0.392. The molecule has 2 aromatic carbocycles. The Bertz CT molecular complexity index is 1080. The molecule has 0 spiro atoms. The Labute approximate surface area is 215 Å². The number of piperazine rings is 1. The van der Waals surface area contributed by atoms with E-state index in [1.54, 1.807) is 41.2 Å². The second kappa shape index (κ2) is 12.1. The van der Waals surface area contributed by atoms with Crippen molar-refractivity contribution in [3.8, 4) is 0 Å². The summed E-state index contributed by atoms with van der Waals surface area (Å²) in [5, 5.41) is 6.97. The molecule has 0 aromatic heterocycles. The Morgan fingerprint density at radius 3 is 2.46 bits per heavy atom. The van der Waals surface area contributed by atoms with Crippen LogP contribution in [0.4, 0.5) is 4.79 Å². The first-order chi connectivity index (χ1) is 16.7. The number of urea groups is 1. The number of fused-ring (bicyclic) bond motifs is 1. The highest BCUT2D eigenvalue weighted by Crippen LogP contribution is 2.26. The minimum atomic E-state index is -0.610. The van der Waals surface area contributed by atoms with Crippen LogP contribution < -0.4 is 5.32 Å². The van der Waals surface area contributed by atoms with Gasteiger partial charge in [-0.1, -0.05) is 65.7 Å². The maximum absolute atomic E-state index is 13.1. The molecule has 35 heavy (non-hydrogen) atoms. The molecule has 0 saturated carbocycles. The third-order valence-electron chi connectivity index (χ3n) is 5.61. The number of halogens is 2. The molecule has 2 heterocycles. The van der Waals surface area contributed by atoms with Crippen LogP contribution >= 0.6 is 23.2 Å². The Morgan fingerprint density at radius 1 is 1.11 bits per heavy atom. The predicted molar refractivity (Wildman–Crippen MR) is 136 cm³/mol. The van der Waals surface area contributed by atoms with E-state index in [0.717, 1.165) is 11.1 Å². The first kappa shape index (κ1) is 26.5. The Balaban J connectivity index is 0.00000108. The van der Waals surface area contributed by atoms with Crippen LogP contribution in [-0.2, 0) is 22.7 Å². The largest absolute Gasteiger partial charge is 0.334 e. The first-order valence-electron chi connectivity index (χ1n) is 11.2. The van der Waals surface area contributed by atoms with Crippen molar-refractivity contribution < 1.29 is 14.4 Å². The molecule has 186 valence electrons. The summed E-state index contributed by atoms with van der Waals surface area (Å²) in [6.45, 7) is 5.97. The molecule has 4 rings (SSSR count). The van der Waals surface area contributed by atoms with Crippen molar-refractivity contribution in [2.24, 2.45) is 0 Å². The molecule has 8 nitrogen and oxygen atoms in total. The van der Waals surface area contributed by atoms with Gasteiger partial charge in [0.25, 0.3) is 0 Å². The van der Waals surface area contributed by atoms with Gasteiger partial charge in [0.2, 0.25) is 11.8 Å². The van der Waals surface area contributed by atoms with E-state index in [9.17, 15) is 14.4 Å². The van der Waals surface area contributed by atoms with Crippen LogP contribution in [-0.4, -0.2) is 70.5 Å². The average molecular weight is 518 g/mol. The van der Waals surface area contributed by atoms with Gasteiger partial charge >= 0.3 is 6.03 Å². The van der Waals surface area contributed by atoms with Crippen LogP contribution in [0.2, 0.25) is 10.0 Å². The van der Waals surface area contributed by atoms with Crippen molar-refractivity contribution in [3.63, 3.8) is 0 Å². The van der Waals surface area contributed by atoms with Crippen LogP contribution in [0.1, 0.15) is 18.1 Å². The van der Waals surface area contributed by atoms with E-state index >= 15 is 0 Å². The van der Waals surface area contributed by atoms with Crippen LogP contribution in [0.25, 0.3) is 0 Å². The number of nitrogens with one attached hydrogen (secondary N) is 1. The van der Waals surface area contributed by atoms with E-state index in [4.69, 9.17) is 23.2 Å². The maximum Gasteiger partial charge on any atom is 0.334 e. The number of rotatable bonds is 4. The number of carbonyl (C=O) groups is 3. The summed E-state index contributed by atoms with van der Waals surface area (Å²) in [5.41, 5.74) is 1.71. The third kappa shape index (κ3) is 6.54. The standard InChI is InChI=1S/C22H23Cl2N5O3.C3H6/c1-26-13-21(31)28-14-20(30)27(11-16-7-8-17(23)9-18(16)24)12-19(28)29(26)22(32)25-10-15-5-3-2-4-6-15;1-3-2/h2-9,19H,10-14H2,1H3,(H,25,32);3H,1H2,2H3. The quantitative estimate of drug-likeness (QED) is 0.626. The van der Waals surface area contributed by atoms with Crippen molar-refractivity contribution in [2.45, 2.75) is 26.2 Å². The summed E-state index contributed by atoms with van der Waals surface area (Å²) < 4.78 is 0. The summed E-state index contributed by atoms with van der Waals surface area (Å²) in [4.78, 5) is 41.5. The number of hydrazine groups is 1. The molecule has 2 fully saturated rings. The smallest absolute Gasteiger partial charge is 0.333 e. The van der Waals surface area contributed by atoms with Gasteiger partial charge in [-0.3, -0.25) is 9.59 Å². The Hall–Kier alpha value is -3.07. The van der Waals surface area contributed by atoms with Crippen molar-refractivity contribution in [1.82, 2.24) is 25.1 Å². The van der Waals surface area contributed by atoms with E-state index in [2.05, 4.69) is 11.9 Å². The van der Waals surface area contributed by atoms with Gasteiger partial charge in [-0.05, 0) is 30.2 Å². The lowest BCUT2D eigenvalue weighted by Crippen LogP contribution is -2.73. The average Bonchev–Trinajstić information content (AvgIpc) is 2.82. The van der Waals surface area contributed by atoms with Crippen LogP contribution in [0.15, 0.2) is 61.2 Å². The highest BCUT2D eigenvalue weighted by Gasteiger charge is 2.45. The zero-order valence-electron chi connectivity index (χ0n) is 19.8. The monoisotopic (exact) mass is 517 g/mol. The van der Waals surface area contributed by atoms with E-state index in [1.807, 2.05) is 37.3 Å². The van der Waals surface area contributed by atoms with Crippen LogP contribution in [0.5, 0.6) is 0 Å². The number of carbonyl (C=O) groups excluding carboxylic acids is 3. The van der Waals surface area contributed by atoms with Gasteiger partial charge in [0.15, 0.2) is 0 Å². The van der Waals surface area contributed by atoms with Gasteiger partial charge in [0.05, 0.1) is 13.1 Å².